The van der Waals surface area contributed by atoms with Crippen molar-refractivity contribution < 1.29 is 19.7 Å². The summed E-state index contributed by atoms with van der Waals surface area (Å²) >= 11 is 0. The van der Waals surface area contributed by atoms with Crippen LogP contribution < -0.4 is 4.74 Å². The Kier molecular flexibility index (Phi) is 11.1. The van der Waals surface area contributed by atoms with E-state index in [0.29, 0.717) is 25.7 Å². The fraction of sp³-hybridized carbons (Fsp3) is 0.348. The van der Waals surface area contributed by atoms with Gasteiger partial charge in [-0.25, -0.2) is 0 Å². The molecule has 0 fully saturated rings. The molecule has 0 aliphatic carbocycles. The van der Waals surface area contributed by atoms with Crippen LogP contribution in [0.2, 0.25) is 0 Å². The van der Waals surface area contributed by atoms with Gasteiger partial charge < -0.3 is 19.7 Å². The Morgan fingerprint density at radius 3 is 2.63 bits per heavy atom. The first kappa shape index (κ1) is 22.3. The standard InChI is InChI=1S/C23H26O4/c1-19(24)9-7-13-21(25)11-5-3-4-6-12-22(26)14-8-10-20-15-17-23(27-2)18-16-20/h3-4,6,12,15-18,21-22,25-26H,7,9,13-14H2,1-2H3/b4-3+,12-6+/t21-,22+/m1/s1. The Hall–Kier alpha value is -2.79. The van der Waals surface area contributed by atoms with E-state index < -0.39 is 12.2 Å². The second-order valence-corrected chi connectivity index (χ2v) is 5.94. The molecule has 1 aromatic rings. The zero-order chi connectivity index (χ0) is 19.9. The van der Waals surface area contributed by atoms with E-state index in [1.54, 1.807) is 31.4 Å². The molecule has 4 nitrogen and oxygen atoms in total. The van der Waals surface area contributed by atoms with E-state index >= 15 is 0 Å². The SMILES string of the molecule is COc1ccc(C#CC[C@@H](O)/C=C/C=C/C#C[C@@H](O)CCCC(C)=O)cc1. The lowest BCUT2D eigenvalue weighted by molar-refractivity contribution is -0.117. The van der Waals surface area contributed by atoms with Crippen molar-refractivity contribution in [3.05, 3.63) is 54.1 Å². The maximum atomic E-state index is 10.8. The van der Waals surface area contributed by atoms with Crippen molar-refractivity contribution in [2.75, 3.05) is 7.11 Å². The molecule has 0 bridgehead atoms. The van der Waals surface area contributed by atoms with Crippen LogP contribution in [0.5, 0.6) is 5.75 Å². The van der Waals surface area contributed by atoms with Crippen molar-refractivity contribution in [3.63, 3.8) is 0 Å². The van der Waals surface area contributed by atoms with Gasteiger partial charge in [-0.15, -0.1) is 0 Å². The zero-order valence-electron chi connectivity index (χ0n) is 15.8. The Balaban J connectivity index is 2.32. The molecule has 0 aromatic heterocycles. The molecule has 2 atom stereocenters. The van der Waals surface area contributed by atoms with Crippen molar-refractivity contribution in [1.29, 1.82) is 0 Å². The molecule has 27 heavy (non-hydrogen) atoms. The smallest absolute Gasteiger partial charge is 0.129 e. The third kappa shape index (κ3) is 11.4. The second-order valence-electron chi connectivity index (χ2n) is 5.94. The molecule has 1 aromatic carbocycles. The number of Topliss-reactive ketones (excluding diaryl/α,β-unsaturated/α-hetero) is 1. The van der Waals surface area contributed by atoms with Crippen LogP contribution in [0.4, 0.5) is 0 Å². The Bertz CT molecular complexity index is 752. The van der Waals surface area contributed by atoms with Crippen molar-refractivity contribution in [1.82, 2.24) is 0 Å². The van der Waals surface area contributed by atoms with Crippen LogP contribution in [0.25, 0.3) is 0 Å². The Morgan fingerprint density at radius 2 is 1.96 bits per heavy atom. The largest absolute Gasteiger partial charge is 0.497 e. The minimum absolute atomic E-state index is 0.118. The lowest BCUT2D eigenvalue weighted by Gasteiger charge is -2.00. The summed E-state index contributed by atoms with van der Waals surface area (Å²) in [6, 6.07) is 7.41. The normalized spacial score (nSPS) is 12.7. The highest BCUT2D eigenvalue weighted by Gasteiger charge is 2.00. The van der Waals surface area contributed by atoms with Gasteiger partial charge in [0, 0.05) is 18.4 Å². The van der Waals surface area contributed by atoms with Crippen LogP contribution in [0, 0.1) is 23.7 Å². The molecule has 1 rings (SSSR count). The topological polar surface area (TPSA) is 66.8 Å². The van der Waals surface area contributed by atoms with Crippen LogP contribution in [0.15, 0.2) is 48.6 Å². The van der Waals surface area contributed by atoms with Gasteiger partial charge in [-0.1, -0.05) is 41.9 Å². The fourth-order valence-corrected chi connectivity index (χ4v) is 2.06. The van der Waals surface area contributed by atoms with Crippen LogP contribution >= 0.6 is 0 Å². The number of rotatable bonds is 8. The third-order valence-electron chi connectivity index (χ3n) is 3.51. The summed E-state index contributed by atoms with van der Waals surface area (Å²) in [6.07, 6.45) is 7.15. The Morgan fingerprint density at radius 1 is 1.22 bits per heavy atom. The number of carbonyl (C=O) groups is 1. The van der Waals surface area contributed by atoms with Crippen LogP contribution in [0.3, 0.4) is 0 Å². The lowest BCUT2D eigenvalue weighted by atomic mass is 10.1. The first-order valence-corrected chi connectivity index (χ1v) is 8.84. The van der Waals surface area contributed by atoms with E-state index in [9.17, 15) is 15.0 Å². The number of benzene rings is 1. The Labute approximate surface area is 161 Å². The van der Waals surface area contributed by atoms with Gasteiger partial charge in [0.25, 0.3) is 0 Å². The van der Waals surface area contributed by atoms with Gasteiger partial charge in [0.15, 0.2) is 0 Å². The van der Waals surface area contributed by atoms with Gasteiger partial charge in [0.2, 0.25) is 0 Å². The van der Waals surface area contributed by atoms with Gasteiger partial charge >= 0.3 is 0 Å². The predicted molar refractivity (Wildman–Crippen MR) is 107 cm³/mol. The number of carbonyl (C=O) groups excluding carboxylic acids is 1. The molecule has 0 radical (unpaired) electrons. The van der Waals surface area contributed by atoms with Gasteiger partial charge in [-0.3, -0.25) is 0 Å². The van der Waals surface area contributed by atoms with Crippen LogP contribution in [-0.2, 0) is 4.79 Å². The minimum Gasteiger partial charge on any atom is -0.497 e. The van der Waals surface area contributed by atoms with E-state index in [4.69, 9.17) is 4.74 Å². The number of allylic oxidation sites excluding steroid dienone is 3. The molecule has 2 N–H and O–H groups in total. The van der Waals surface area contributed by atoms with Crippen LogP contribution in [0.1, 0.15) is 38.2 Å². The summed E-state index contributed by atoms with van der Waals surface area (Å²) in [5, 5.41) is 19.5. The second kappa shape index (κ2) is 13.4. The molecule has 142 valence electrons. The average molecular weight is 366 g/mol. The predicted octanol–water partition coefficient (Wildman–Crippen LogP) is 3.03. The van der Waals surface area contributed by atoms with E-state index in [1.165, 1.54) is 6.92 Å². The molecule has 0 unspecified atom stereocenters. The molecule has 0 aliphatic rings. The summed E-state index contributed by atoms with van der Waals surface area (Å²) in [7, 11) is 1.61. The minimum atomic E-state index is -0.725. The molecule has 0 amide bonds. The first-order valence-electron chi connectivity index (χ1n) is 8.84. The number of methoxy groups -OCH3 is 1. The van der Waals surface area contributed by atoms with Gasteiger partial charge in [-0.05, 0) is 50.1 Å². The molecule has 0 aliphatic heterocycles. The maximum absolute atomic E-state index is 10.8. The van der Waals surface area contributed by atoms with Gasteiger partial charge in [0.05, 0.1) is 13.2 Å². The molecular weight excluding hydrogens is 340 g/mol. The van der Waals surface area contributed by atoms with Crippen molar-refractivity contribution in [2.45, 2.75) is 44.8 Å². The number of aliphatic hydroxyl groups excluding tert-OH is 2. The number of aliphatic hydroxyl groups is 2. The highest BCUT2D eigenvalue weighted by molar-refractivity contribution is 5.75. The van der Waals surface area contributed by atoms with Crippen molar-refractivity contribution >= 4 is 5.78 Å². The first-order chi connectivity index (χ1) is 13.0. The van der Waals surface area contributed by atoms with Crippen LogP contribution in [-0.4, -0.2) is 35.3 Å². The molecule has 0 saturated carbocycles. The summed E-state index contributed by atoms with van der Waals surface area (Å²) in [6.45, 7) is 1.53. The average Bonchev–Trinajstić information content (AvgIpc) is 2.64. The maximum Gasteiger partial charge on any atom is 0.129 e. The summed E-state index contributed by atoms with van der Waals surface area (Å²) in [4.78, 5) is 10.8. The zero-order valence-corrected chi connectivity index (χ0v) is 15.8. The number of hydrogen-bond donors (Lipinski definition) is 2. The summed E-state index contributed by atoms with van der Waals surface area (Å²) in [5.74, 6) is 12.2. The van der Waals surface area contributed by atoms with Crippen molar-refractivity contribution in [3.8, 4) is 29.4 Å². The highest BCUT2D eigenvalue weighted by Crippen LogP contribution is 2.10. The summed E-state index contributed by atoms with van der Waals surface area (Å²) < 4.78 is 5.08. The quantitative estimate of drug-likeness (QED) is 0.548. The molecular formula is C23H26O4. The molecule has 0 spiro atoms. The lowest BCUT2D eigenvalue weighted by Crippen LogP contribution is -2.03. The molecule has 0 heterocycles. The van der Waals surface area contributed by atoms with Gasteiger partial charge in [-0.2, -0.15) is 0 Å². The number of ketones is 1. The van der Waals surface area contributed by atoms with E-state index in [1.807, 2.05) is 24.3 Å². The molecule has 0 saturated heterocycles. The number of ether oxygens (including phenoxy) is 1. The van der Waals surface area contributed by atoms with E-state index in [2.05, 4.69) is 23.7 Å². The third-order valence-corrected chi connectivity index (χ3v) is 3.51. The number of hydrogen-bond acceptors (Lipinski definition) is 4. The fourth-order valence-electron chi connectivity index (χ4n) is 2.06. The molecule has 4 heteroatoms. The van der Waals surface area contributed by atoms with E-state index in [-0.39, 0.29) is 5.78 Å². The highest BCUT2D eigenvalue weighted by atomic mass is 16.5. The van der Waals surface area contributed by atoms with E-state index in [0.717, 1.165) is 11.3 Å². The van der Waals surface area contributed by atoms with Gasteiger partial charge in [0.1, 0.15) is 17.6 Å². The van der Waals surface area contributed by atoms with Crippen molar-refractivity contribution in [2.24, 2.45) is 0 Å². The monoisotopic (exact) mass is 366 g/mol. The summed E-state index contributed by atoms with van der Waals surface area (Å²) in [5.41, 5.74) is 0.865.